The summed E-state index contributed by atoms with van der Waals surface area (Å²) in [6.07, 6.45) is -0.896. The van der Waals surface area contributed by atoms with Gasteiger partial charge in [-0.3, -0.25) is 9.59 Å². The van der Waals surface area contributed by atoms with Crippen molar-refractivity contribution in [2.75, 3.05) is 0 Å². The summed E-state index contributed by atoms with van der Waals surface area (Å²) in [7, 11) is 0. The van der Waals surface area contributed by atoms with Crippen molar-refractivity contribution >= 4 is 11.6 Å². The Labute approximate surface area is 45.3 Å². The third kappa shape index (κ3) is 0.907. The molecule has 1 aliphatic rings. The Hall–Kier alpha value is -0.740. The van der Waals surface area contributed by atoms with Gasteiger partial charge in [-0.1, -0.05) is 0 Å². The standard InChI is InChI=1S/C4H4O4/c1-2(5)3(6)4-7-8-4/h4H,1H3. The van der Waals surface area contributed by atoms with Crippen LogP contribution in [0.25, 0.3) is 0 Å². The Bertz CT molecular complexity index is 135. The van der Waals surface area contributed by atoms with Crippen molar-refractivity contribution in [3.05, 3.63) is 0 Å². The fourth-order valence-electron chi connectivity index (χ4n) is 0.281. The highest BCUT2D eigenvalue weighted by atomic mass is 17.4. The van der Waals surface area contributed by atoms with Crippen LogP contribution in [-0.4, -0.2) is 17.9 Å². The van der Waals surface area contributed by atoms with E-state index in [2.05, 4.69) is 9.78 Å². The van der Waals surface area contributed by atoms with Crippen LogP contribution in [0.3, 0.4) is 0 Å². The van der Waals surface area contributed by atoms with Gasteiger partial charge < -0.3 is 0 Å². The highest BCUT2D eigenvalue weighted by Gasteiger charge is 2.37. The minimum Gasteiger partial charge on any atom is -0.291 e. The van der Waals surface area contributed by atoms with Crippen LogP contribution in [0.2, 0.25) is 0 Å². The zero-order valence-corrected chi connectivity index (χ0v) is 4.21. The largest absolute Gasteiger partial charge is 0.291 e. The van der Waals surface area contributed by atoms with Crippen LogP contribution < -0.4 is 0 Å². The summed E-state index contributed by atoms with van der Waals surface area (Å²) in [5, 5.41) is 0. The maximum absolute atomic E-state index is 10.3. The molecule has 1 heterocycles. The Morgan fingerprint density at radius 3 is 2.00 bits per heavy atom. The summed E-state index contributed by atoms with van der Waals surface area (Å²) in [4.78, 5) is 28.5. The molecule has 0 aliphatic carbocycles. The molecule has 1 aliphatic heterocycles. The molecule has 44 valence electrons. The molecular formula is C4H4O4. The molecule has 1 saturated heterocycles. The van der Waals surface area contributed by atoms with Gasteiger partial charge in [0.1, 0.15) is 0 Å². The van der Waals surface area contributed by atoms with Crippen LogP contribution in [0.1, 0.15) is 6.92 Å². The molecule has 8 heavy (non-hydrogen) atoms. The lowest BCUT2D eigenvalue weighted by Crippen LogP contribution is -2.15. The second-order valence-electron chi connectivity index (χ2n) is 1.44. The van der Waals surface area contributed by atoms with Gasteiger partial charge in [-0.15, -0.1) is 0 Å². The summed E-state index contributed by atoms with van der Waals surface area (Å²) in [6.45, 7) is 1.17. The molecule has 0 N–H and O–H groups in total. The number of hydrogen-bond donors (Lipinski definition) is 0. The van der Waals surface area contributed by atoms with Crippen LogP contribution >= 0.6 is 0 Å². The Morgan fingerprint density at radius 1 is 1.38 bits per heavy atom. The maximum Gasteiger partial charge on any atom is 0.289 e. The second-order valence-corrected chi connectivity index (χ2v) is 1.44. The molecule has 0 atom stereocenters. The van der Waals surface area contributed by atoms with Crippen molar-refractivity contribution in [1.29, 1.82) is 0 Å². The molecule has 0 aromatic rings. The average Bonchev–Trinajstić information content (AvgIpc) is 2.43. The van der Waals surface area contributed by atoms with E-state index >= 15 is 0 Å². The summed E-state index contributed by atoms with van der Waals surface area (Å²) < 4.78 is 0. The van der Waals surface area contributed by atoms with Crippen molar-refractivity contribution in [3.8, 4) is 0 Å². The van der Waals surface area contributed by atoms with Crippen molar-refractivity contribution in [3.63, 3.8) is 0 Å². The molecule has 1 rings (SSSR count). The highest BCUT2D eigenvalue weighted by Crippen LogP contribution is 2.12. The van der Waals surface area contributed by atoms with E-state index in [9.17, 15) is 9.59 Å². The first-order chi connectivity index (χ1) is 3.72. The normalized spacial score (nSPS) is 18.1. The Morgan fingerprint density at radius 2 is 1.88 bits per heavy atom. The van der Waals surface area contributed by atoms with Crippen molar-refractivity contribution in [2.45, 2.75) is 13.2 Å². The quantitative estimate of drug-likeness (QED) is 0.275. The number of Topliss-reactive ketones (excluding diaryl/α,β-unsaturated/α-hetero) is 2. The lowest BCUT2D eigenvalue weighted by Gasteiger charge is -1.78. The average molecular weight is 116 g/mol. The van der Waals surface area contributed by atoms with E-state index < -0.39 is 17.9 Å². The lowest BCUT2D eigenvalue weighted by molar-refractivity contribution is -0.136. The van der Waals surface area contributed by atoms with Gasteiger partial charge in [-0.25, -0.2) is 0 Å². The SMILES string of the molecule is CC(=O)C(=O)C1OO1. The van der Waals surface area contributed by atoms with E-state index in [1.807, 2.05) is 0 Å². The highest BCUT2D eigenvalue weighted by molar-refractivity contribution is 6.37. The van der Waals surface area contributed by atoms with E-state index in [4.69, 9.17) is 0 Å². The van der Waals surface area contributed by atoms with Gasteiger partial charge in [0.05, 0.1) is 0 Å². The fraction of sp³-hybridized carbons (Fsp3) is 0.500. The number of ketones is 2. The van der Waals surface area contributed by atoms with Gasteiger partial charge in [-0.05, 0) is 0 Å². The van der Waals surface area contributed by atoms with E-state index in [1.165, 1.54) is 6.92 Å². The van der Waals surface area contributed by atoms with Crippen molar-refractivity contribution in [2.24, 2.45) is 0 Å². The Balaban J connectivity index is 2.45. The summed E-state index contributed by atoms with van der Waals surface area (Å²) in [5.41, 5.74) is 0. The molecule has 0 bridgehead atoms. The third-order valence-corrected chi connectivity index (χ3v) is 0.754. The predicted molar refractivity (Wildman–Crippen MR) is 21.6 cm³/mol. The maximum atomic E-state index is 10.3. The molecule has 0 unspecified atom stereocenters. The monoisotopic (exact) mass is 116 g/mol. The minimum absolute atomic E-state index is 0.535. The van der Waals surface area contributed by atoms with Crippen LogP contribution in [-0.2, 0) is 19.4 Å². The first kappa shape index (κ1) is 5.40. The zero-order chi connectivity index (χ0) is 6.15. The fourth-order valence-corrected chi connectivity index (χ4v) is 0.281. The molecule has 0 amide bonds. The molecule has 0 aromatic carbocycles. The number of carbonyl (C=O) groups is 2. The van der Waals surface area contributed by atoms with E-state index in [0.717, 1.165) is 0 Å². The first-order valence-corrected chi connectivity index (χ1v) is 2.08. The first-order valence-electron chi connectivity index (χ1n) is 2.08. The lowest BCUT2D eigenvalue weighted by atomic mass is 10.3. The third-order valence-electron chi connectivity index (χ3n) is 0.754. The molecule has 0 aromatic heterocycles. The van der Waals surface area contributed by atoms with Gasteiger partial charge in [0.25, 0.3) is 12.1 Å². The number of rotatable bonds is 2. The molecule has 4 heteroatoms. The summed E-state index contributed by atoms with van der Waals surface area (Å²) in [5.74, 6) is -1.16. The predicted octanol–water partition coefficient (Wildman–Crippen LogP) is -0.568. The van der Waals surface area contributed by atoms with Crippen LogP contribution in [0, 0.1) is 0 Å². The molecule has 0 radical (unpaired) electrons. The second kappa shape index (κ2) is 1.65. The van der Waals surface area contributed by atoms with E-state index in [0.29, 0.717) is 0 Å². The number of carbonyl (C=O) groups excluding carboxylic acids is 2. The van der Waals surface area contributed by atoms with Gasteiger partial charge in [-0.2, -0.15) is 9.78 Å². The van der Waals surface area contributed by atoms with E-state index in [1.54, 1.807) is 0 Å². The smallest absolute Gasteiger partial charge is 0.289 e. The molecule has 4 nitrogen and oxygen atoms in total. The summed E-state index contributed by atoms with van der Waals surface area (Å²) in [6, 6.07) is 0. The van der Waals surface area contributed by atoms with Gasteiger partial charge >= 0.3 is 0 Å². The van der Waals surface area contributed by atoms with Crippen molar-refractivity contribution in [1.82, 2.24) is 0 Å². The van der Waals surface area contributed by atoms with Crippen LogP contribution in [0.15, 0.2) is 0 Å². The van der Waals surface area contributed by atoms with E-state index in [-0.39, 0.29) is 0 Å². The van der Waals surface area contributed by atoms with Crippen LogP contribution in [0.4, 0.5) is 0 Å². The minimum atomic E-state index is -0.896. The van der Waals surface area contributed by atoms with Gasteiger partial charge in [0.15, 0.2) is 0 Å². The summed E-state index contributed by atoms with van der Waals surface area (Å²) >= 11 is 0. The zero-order valence-electron chi connectivity index (χ0n) is 4.21. The number of hydrogen-bond acceptors (Lipinski definition) is 4. The Kier molecular flexibility index (Phi) is 1.11. The molecule has 0 spiro atoms. The van der Waals surface area contributed by atoms with Crippen LogP contribution in [0.5, 0.6) is 0 Å². The van der Waals surface area contributed by atoms with Gasteiger partial charge in [0.2, 0.25) is 5.78 Å². The molecule has 1 fully saturated rings. The van der Waals surface area contributed by atoms with Gasteiger partial charge in [0, 0.05) is 6.92 Å². The topological polar surface area (TPSA) is 59.2 Å². The molecular weight excluding hydrogens is 112 g/mol. The molecule has 0 saturated carbocycles. The van der Waals surface area contributed by atoms with Crippen molar-refractivity contribution < 1.29 is 19.4 Å².